The number of benzene rings is 1. The fourth-order valence-corrected chi connectivity index (χ4v) is 3.41. The minimum Gasteiger partial charge on any atom is -0.378 e. The summed E-state index contributed by atoms with van der Waals surface area (Å²) in [5.74, 6) is 0.134. The fourth-order valence-electron chi connectivity index (χ4n) is 3.41. The molecule has 1 amide bonds. The van der Waals surface area contributed by atoms with Crippen LogP contribution in [0.5, 0.6) is 0 Å². The molecule has 1 atom stereocenters. The first-order valence-electron chi connectivity index (χ1n) is 8.01. The second-order valence-corrected chi connectivity index (χ2v) is 5.97. The van der Waals surface area contributed by atoms with Crippen LogP contribution in [0.25, 0.3) is 11.0 Å². The highest BCUT2D eigenvalue weighted by Crippen LogP contribution is 2.33. The topological polar surface area (TPSA) is 59.4 Å². The van der Waals surface area contributed by atoms with Crippen molar-refractivity contribution in [3.05, 3.63) is 23.5 Å². The number of nitrogens with zero attached hydrogens (tertiary/aromatic N) is 3. The number of carbonyl (C=O) groups is 1. The monoisotopic (exact) mass is 318 g/mol. The third kappa shape index (κ3) is 2.26. The molecule has 1 saturated heterocycles. The van der Waals surface area contributed by atoms with E-state index in [1.807, 2.05) is 0 Å². The lowest BCUT2D eigenvalue weighted by Crippen LogP contribution is -2.38. The average Bonchev–Trinajstić information content (AvgIpc) is 2.87. The van der Waals surface area contributed by atoms with Crippen molar-refractivity contribution < 1.29 is 13.9 Å². The Labute approximate surface area is 133 Å². The van der Waals surface area contributed by atoms with Gasteiger partial charge in [0.1, 0.15) is 5.82 Å². The average molecular weight is 318 g/mol. The van der Waals surface area contributed by atoms with E-state index in [0.29, 0.717) is 30.8 Å². The number of hydrogen-bond acceptors (Lipinski definition) is 4. The van der Waals surface area contributed by atoms with Crippen LogP contribution in [-0.4, -0.2) is 48.3 Å². The van der Waals surface area contributed by atoms with Crippen molar-refractivity contribution in [2.45, 2.75) is 19.4 Å². The Morgan fingerprint density at radius 1 is 1.39 bits per heavy atom. The lowest BCUT2D eigenvalue weighted by atomic mass is 10.1. The Hall–Kier alpha value is -2.15. The number of anilines is 1. The maximum Gasteiger partial charge on any atom is 0.253 e. The van der Waals surface area contributed by atoms with Gasteiger partial charge in [-0.2, -0.15) is 0 Å². The van der Waals surface area contributed by atoms with E-state index >= 15 is 0 Å². The number of rotatable bonds is 2. The Kier molecular flexibility index (Phi) is 3.45. The highest BCUT2D eigenvalue weighted by molar-refractivity contribution is 6.06. The molecule has 0 radical (unpaired) electrons. The second kappa shape index (κ2) is 5.49. The van der Waals surface area contributed by atoms with Gasteiger partial charge in [-0.25, -0.2) is 9.37 Å². The van der Waals surface area contributed by atoms with E-state index in [-0.39, 0.29) is 11.9 Å². The molecule has 0 unspecified atom stereocenters. The Morgan fingerprint density at radius 3 is 2.91 bits per heavy atom. The zero-order chi connectivity index (χ0) is 16.0. The molecular weight excluding hydrogens is 299 g/mol. The quantitative estimate of drug-likeness (QED) is 0.916. The summed E-state index contributed by atoms with van der Waals surface area (Å²) in [7, 11) is 0. The van der Waals surface area contributed by atoms with Crippen molar-refractivity contribution >= 4 is 22.9 Å². The minimum atomic E-state index is -0.434. The lowest BCUT2D eigenvalue weighted by molar-refractivity contribution is 0.0952. The fraction of sp³-hybridized carbons (Fsp3) is 0.500. The predicted molar refractivity (Wildman–Crippen MR) is 84.4 cm³/mol. The highest BCUT2D eigenvalue weighted by atomic mass is 19.1. The van der Waals surface area contributed by atoms with Crippen molar-refractivity contribution in [1.29, 1.82) is 0 Å². The SMILES string of the molecule is CC[C@@H]1CNC(=O)c2cc(F)cc3nc(N4CCOCC4)n1c23. The van der Waals surface area contributed by atoms with Gasteiger partial charge in [-0.15, -0.1) is 0 Å². The summed E-state index contributed by atoms with van der Waals surface area (Å²) in [6.07, 6.45) is 0.861. The van der Waals surface area contributed by atoms with Gasteiger partial charge >= 0.3 is 0 Å². The number of hydrogen-bond donors (Lipinski definition) is 1. The van der Waals surface area contributed by atoms with Gasteiger partial charge in [0.05, 0.1) is 35.9 Å². The van der Waals surface area contributed by atoms with Crippen LogP contribution in [0.15, 0.2) is 12.1 Å². The Balaban J connectivity index is 1.98. The van der Waals surface area contributed by atoms with Crippen molar-refractivity contribution in [3.8, 4) is 0 Å². The second-order valence-electron chi connectivity index (χ2n) is 5.97. The van der Waals surface area contributed by atoms with E-state index in [2.05, 4.69) is 26.7 Å². The molecule has 2 aliphatic heterocycles. The van der Waals surface area contributed by atoms with E-state index in [4.69, 9.17) is 4.74 Å². The number of ether oxygens (including phenoxy) is 1. The Bertz CT molecular complexity index is 767. The first kappa shape index (κ1) is 14.4. The summed E-state index contributed by atoms with van der Waals surface area (Å²) in [6.45, 7) is 5.41. The number of morpholine rings is 1. The van der Waals surface area contributed by atoms with Crippen molar-refractivity contribution in [2.24, 2.45) is 0 Å². The zero-order valence-corrected chi connectivity index (χ0v) is 13.0. The van der Waals surface area contributed by atoms with Gasteiger partial charge in [0, 0.05) is 25.7 Å². The summed E-state index contributed by atoms with van der Waals surface area (Å²) >= 11 is 0. The molecule has 2 aliphatic rings. The molecule has 0 spiro atoms. The zero-order valence-electron chi connectivity index (χ0n) is 13.0. The van der Waals surface area contributed by atoms with Crippen LogP contribution in [0.2, 0.25) is 0 Å². The van der Waals surface area contributed by atoms with Gasteiger partial charge in [-0.1, -0.05) is 6.92 Å². The molecule has 2 aromatic rings. The van der Waals surface area contributed by atoms with Crippen molar-refractivity contribution in [2.75, 3.05) is 37.7 Å². The molecular formula is C16H19FN4O2. The van der Waals surface area contributed by atoms with E-state index in [0.717, 1.165) is 31.0 Å². The van der Waals surface area contributed by atoms with Crippen LogP contribution in [0.4, 0.5) is 10.3 Å². The molecule has 0 aliphatic carbocycles. The molecule has 1 aromatic heterocycles. The van der Waals surface area contributed by atoms with Gasteiger partial charge in [-0.3, -0.25) is 4.79 Å². The molecule has 0 saturated carbocycles. The molecule has 23 heavy (non-hydrogen) atoms. The maximum absolute atomic E-state index is 13.9. The number of amides is 1. The number of aromatic nitrogens is 2. The van der Waals surface area contributed by atoms with Gasteiger partial charge in [0.15, 0.2) is 0 Å². The molecule has 3 heterocycles. The normalized spacial score (nSPS) is 21.4. The molecule has 1 fully saturated rings. The van der Waals surface area contributed by atoms with Crippen LogP contribution < -0.4 is 10.2 Å². The van der Waals surface area contributed by atoms with E-state index < -0.39 is 5.82 Å². The smallest absolute Gasteiger partial charge is 0.253 e. The summed E-state index contributed by atoms with van der Waals surface area (Å²) < 4.78 is 21.4. The molecule has 4 rings (SSSR count). The summed E-state index contributed by atoms with van der Waals surface area (Å²) in [5.41, 5.74) is 1.63. The first-order chi connectivity index (χ1) is 11.2. The van der Waals surface area contributed by atoms with E-state index in [1.54, 1.807) is 0 Å². The van der Waals surface area contributed by atoms with Crippen LogP contribution in [-0.2, 0) is 4.74 Å². The Morgan fingerprint density at radius 2 is 2.17 bits per heavy atom. The molecule has 0 bridgehead atoms. The van der Waals surface area contributed by atoms with Gasteiger partial charge in [0.25, 0.3) is 5.91 Å². The largest absolute Gasteiger partial charge is 0.378 e. The lowest BCUT2D eigenvalue weighted by Gasteiger charge is -2.30. The predicted octanol–water partition coefficient (Wildman–Crippen LogP) is 1.71. The van der Waals surface area contributed by atoms with Crippen LogP contribution in [0.1, 0.15) is 29.7 Å². The van der Waals surface area contributed by atoms with Crippen molar-refractivity contribution in [3.63, 3.8) is 0 Å². The first-order valence-corrected chi connectivity index (χ1v) is 8.01. The molecule has 7 heteroatoms. The maximum atomic E-state index is 13.9. The summed E-state index contributed by atoms with van der Waals surface area (Å²) in [5, 5.41) is 2.90. The molecule has 122 valence electrons. The number of nitrogens with one attached hydrogen (secondary N) is 1. The molecule has 6 nitrogen and oxygen atoms in total. The number of carbonyl (C=O) groups excluding carboxylic acids is 1. The van der Waals surface area contributed by atoms with Crippen LogP contribution in [0, 0.1) is 5.82 Å². The van der Waals surface area contributed by atoms with Gasteiger partial charge < -0.3 is 19.5 Å². The highest BCUT2D eigenvalue weighted by Gasteiger charge is 2.29. The number of imidazole rings is 1. The molecule has 1 N–H and O–H groups in total. The molecule has 1 aromatic carbocycles. The number of halogens is 1. The summed E-state index contributed by atoms with van der Waals surface area (Å²) in [6, 6.07) is 2.82. The van der Waals surface area contributed by atoms with E-state index in [9.17, 15) is 9.18 Å². The van der Waals surface area contributed by atoms with Gasteiger partial charge in [-0.05, 0) is 12.5 Å². The van der Waals surface area contributed by atoms with Crippen molar-refractivity contribution in [1.82, 2.24) is 14.9 Å². The minimum absolute atomic E-state index is 0.105. The van der Waals surface area contributed by atoms with Crippen LogP contribution in [0.3, 0.4) is 0 Å². The van der Waals surface area contributed by atoms with Gasteiger partial charge in [0.2, 0.25) is 5.95 Å². The standard InChI is InChI=1S/C16H19FN4O2/c1-2-11-9-18-15(22)12-7-10(17)8-13-14(12)21(11)16(19-13)20-3-5-23-6-4-20/h7-8,11H,2-6,9H2,1H3,(H,18,22)/t11-/m1/s1. The van der Waals surface area contributed by atoms with E-state index in [1.165, 1.54) is 12.1 Å². The van der Waals surface area contributed by atoms with Crippen LogP contribution >= 0.6 is 0 Å². The third-order valence-electron chi connectivity index (χ3n) is 4.60. The summed E-state index contributed by atoms with van der Waals surface area (Å²) in [4.78, 5) is 19.2. The third-order valence-corrected chi connectivity index (χ3v) is 4.60.